The van der Waals surface area contributed by atoms with Crippen LogP contribution in [0.25, 0.3) is 0 Å². The molecule has 0 bridgehead atoms. The standard InChI is InChI=1S/C19H15N3O3S3/c1-2-25-19(24)14-13(11-5-3-7-26-11)10(9-20)16(21)22-17(23)15(28-18(14)22)12-6-4-8-27-12/h3-8,13,15H,2,21H2,1H3/t13-,15-/m0/s1. The Balaban J connectivity index is 1.93. The second-order valence-electron chi connectivity index (χ2n) is 5.99. The molecule has 0 spiro atoms. The van der Waals surface area contributed by atoms with Crippen molar-refractivity contribution in [3.05, 3.63) is 66.8 Å². The van der Waals surface area contributed by atoms with Crippen LogP contribution >= 0.6 is 34.4 Å². The van der Waals surface area contributed by atoms with Gasteiger partial charge in [0.1, 0.15) is 11.1 Å². The molecule has 28 heavy (non-hydrogen) atoms. The van der Waals surface area contributed by atoms with Gasteiger partial charge in [-0.2, -0.15) is 5.26 Å². The zero-order valence-corrected chi connectivity index (χ0v) is 17.2. The molecular weight excluding hydrogens is 414 g/mol. The Labute approximate surface area is 173 Å². The molecule has 142 valence electrons. The summed E-state index contributed by atoms with van der Waals surface area (Å²) in [5, 5.41) is 13.5. The summed E-state index contributed by atoms with van der Waals surface area (Å²) in [6.07, 6.45) is 0. The highest BCUT2D eigenvalue weighted by Crippen LogP contribution is 2.54. The Morgan fingerprint density at radius 2 is 1.96 bits per heavy atom. The van der Waals surface area contributed by atoms with E-state index in [0.717, 1.165) is 9.75 Å². The molecule has 0 aromatic carbocycles. The summed E-state index contributed by atoms with van der Waals surface area (Å²) >= 11 is 4.19. The van der Waals surface area contributed by atoms with Crippen LogP contribution in [0.4, 0.5) is 0 Å². The third-order valence-electron chi connectivity index (χ3n) is 4.45. The third-order valence-corrected chi connectivity index (χ3v) is 7.79. The van der Waals surface area contributed by atoms with Crippen LogP contribution in [0.1, 0.15) is 27.8 Å². The predicted molar refractivity (Wildman–Crippen MR) is 109 cm³/mol. The Kier molecular flexibility index (Phi) is 5.02. The number of ether oxygens (including phenoxy) is 1. The van der Waals surface area contributed by atoms with Crippen LogP contribution in [0.2, 0.25) is 0 Å². The number of nitrogens with two attached hydrogens (primary N) is 1. The normalized spacial score (nSPS) is 21.7. The van der Waals surface area contributed by atoms with Crippen molar-refractivity contribution in [1.29, 1.82) is 5.26 Å². The van der Waals surface area contributed by atoms with Crippen LogP contribution in [0.5, 0.6) is 0 Å². The lowest BCUT2D eigenvalue weighted by molar-refractivity contribution is -0.138. The van der Waals surface area contributed by atoms with Crippen LogP contribution in [0.3, 0.4) is 0 Å². The number of carbonyl (C=O) groups excluding carboxylic acids is 2. The Morgan fingerprint density at radius 1 is 1.29 bits per heavy atom. The predicted octanol–water partition coefficient (Wildman–Crippen LogP) is 3.69. The van der Waals surface area contributed by atoms with Gasteiger partial charge in [0.2, 0.25) is 0 Å². The van der Waals surface area contributed by atoms with Crippen molar-refractivity contribution in [1.82, 2.24) is 4.90 Å². The van der Waals surface area contributed by atoms with E-state index < -0.39 is 17.1 Å². The molecule has 1 saturated heterocycles. The number of thioether (sulfide) groups is 1. The summed E-state index contributed by atoms with van der Waals surface area (Å²) in [7, 11) is 0. The minimum atomic E-state index is -0.641. The van der Waals surface area contributed by atoms with Crippen LogP contribution in [-0.4, -0.2) is 23.4 Å². The molecule has 0 saturated carbocycles. The van der Waals surface area contributed by atoms with E-state index in [1.165, 1.54) is 39.3 Å². The monoisotopic (exact) mass is 429 g/mol. The van der Waals surface area contributed by atoms with E-state index in [1.54, 1.807) is 6.92 Å². The number of hydrogen-bond acceptors (Lipinski definition) is 8. The van der Waals surface area contributed by atoms with E-state index in [-0.39, 0.29) is 23.9 Å². The first-order valence-corrected chi connectivity index (χ1v) is 11.1. The van der Waals surface area contributed by atoms with E-state index in [2.05, 4.69) is 6.07 Å². The molecule has 2 aliphatic rings. The Hall–Kier alpha value is -2.54. The number of fused-ring (bicyclic) bond motifs is 1. The van der Waals surface area contributed by atoms with E-state index in [1.807, 2.05) is 35.0 Å². The zero-order valence-electron chi connectivity index (χ0n) is 14.7. The third kappa shape index (κ3) is 2.85. The number of nitriles is 1. The largest absolute Gasteiger partial charge is 0.463 e. The van der Waals surface area contributed by atoms with Gasteiger partial charge in [0, 0.05) is 9.75 Å². The summed E-state index contributed by atoms with van der Waals surface area (Å²) in [4.78, 5) is 29.0. The molecule has 2 atom stereocenters. The minimum absolute atomic E-state index is 0.0838. The van der Waals surface area contributed by atoms with Gasteiger partial charge in [-0.25, -0.2) is 4.79 Å². The molecular formula is C19H15N3O3S3. The van der Waals surface area contributed by atoms with Gasteiger partial charge in [-0.05, 0) is 29.8 Å². The summed E-state index contributed by atoms with van der Waals surface area (Å²) < 4.78 is 5.29. The van der Waals surface area contributed by atoms with Crippen molar-refractivity contribution in [2.75, 3.05) is 6.61 Å². The van der Waals surface area contributed by atoms with Gasteiger partial charge >= 0.3 is 5.97 Å². The van der Waals surface area contributed by atoms with Crippen molar-refractivity contribution in [3.63, 3.8) is 0 Å². The Morgan fingerprint density at radius 3 is 2.54 bits per heavy atom. The average Bonchev–Trinajstić information content (AvgIpc) is 3.43. The number of allylic oxidation sites excluding steroid dienone is 1. The molecule has 1 fully saturated rings. The highest BCUT2D eigenvalue weighted by Gasteiger charge is 2.49. The average molecular weight is 430 g/mol. The van der Waals surface area contributed by atoms with Crippen LogP contribution in [0, 0.1) is 11.3 Å². The molecule has 1 amide bonds. The van der Waals surface area contributed by atoms with Gasteiger partial charge in [-0.3, -0.25) is 9.69 Å². The topological polar surface area (TPSA) is 96.4 Å². The number of thiophene rings is 2. The summed E-state index contributed by atoms with van der Waals surface area (Å²) in [6, 6.07) is 9.58. The summed E-state index contributed by atoms with van der Waals surface area (Å²) in [5.41, 5.74) is 6.77. The first kappa shape index (κ1) is 18.8. The van der Waals surface area contributed by atoms with Gasteiger partial charge in [0.15, 0.2) is 0 Å². The first-order valence-electron chi connectivity index (χ1n) is 8.46. The molecule has 9 heteroatoms. The van der Waals surface area contributed by atoms with Gasteiger partial charge in [0.05, 0.1) is 34.8 Å². The van der Waals surface area contributed by atoms with Crippen molar-refractivity contribution < 1.29 is 14.3 Å². The SMILES string of the molecule is CCOC(=O)C1=C2S[C@@H](c3cccs3)C(=O)N2C(N)=C(C#N)[C@H]1c1cccs1. The maximum Gasteiger partial charge on any atom is 0.337 e. The van der Waals surface area contributed by atoms with Crippen molar-refractivity contribution in [2.24, 2.45) is 5.73 Å². The minimum Gasteiger partial charge on any atom is -0.463 e. The molecule has 0 unspecified atom stereocenters. The van der Waals surface area contributed by atoms with E-state index in [9.17, 15) is 14.9 Å². The fourth-order valence-corrected chi connectivity index (χ4v) is 6.37. The lowest BCUT2D eigenvalue weighted by Gasteiger charge is -2.30. The molecule has 2 aliphatic heterocycles. The number of amides is 1. The van der Waals surface area contributed by atoms with Crippen molar-refractivity contribution in [2.45, 2.75) is 18.1 Å². The zero-order chi connectivity index (χ0) is 19.8. The van der Waals surface area contributed by atoms with Crippen molar-refractivity contribution >= 4 is 46.3 Å². The quantitative estimate of drug-likeness (QED) is 0.745. The maximum absolute atomic E-state index is 13.1. The van der Waals surface area contributed by atoms with Crippen LogP contribution < -0.4 is 5.73 Å². The van der Waals surface area contributed by atoms with Gasteiger partial charge in [0.25, 0.3) is 5.91 Å². The highest BCUT2D eigenvalue weighted by molar-refractivity contribution is 8.04. The molecule has 2 aromatic rings. The summed E-state index contributed by atoms with van der Waals surface area (Å²) in [6.45, 7) is 1.92. The van der Waals surface area contributed by atoms with Crippen LogP contribution in [0.15, 0.2) is 57.0 Å². The fraction of sp³-hybridized carbons (Fsp3) is 0.211. The maximum atomic E-state index is 13.1. The van der Waals surface area contributed by atoms with E-state index in [4.69, 9.17) is 10.5 Å². The molecule has 0 radical (unpaired) electrons. The molecule has 4 heterocycles. The van der Waals surface area contributed by atoms with Gasteiger partial charge < -0.3 is 10.5 Å². The fourth-order valence-electron chi connectivity index (χ4n) is 3.28. The molecule has 0 aliphatic carbocycles. The van der Waals surface area contributed by atoms with E-state index in [0.29, 0.717) is 10.6 Å². The number of esters is 1. The molecule has 2 aromatic heterocycles. The smallest absolute Gasteiger partial charge is 0.337 e. The number of nitrogens with zero attached hydrogens (tertiary/aromatic N) is 2. The lowest BCUT2D eigenvalue weighted by atomic mass is 9.87. The second kappa shape index (κ2) is 7.47. The van der Waals surface area contributed by atoms with Gasteiger partial charge in [-0.15, -0.1) is 22.7 Å². The Bertz CT molecular complexity index is 1030. The number of rotatable bonds is 4. The second-order valence-corrected chi connectivity index (χ2v) is 9.04. The lowest BCUT2D eigenvalue weighted by Crippen LogP contribution is -2.37. The van der Waals surface area contributed by atoms with E-state index >= 15 is 0 Å². The number of carbonyl (C=O) groups is 2. The summed E-state index contributed by atoms with van der Waals surface area (Å²) in [5.74, 6) is -1.34. The molecule has 4 rings (SSSR count). The first-order chi connectivity index (χ1) is 13.6. The van der Waals surface area contributed by atoms with Gasteiger partial charge in [-0.1, -0.05) is 23.9 Å². The molecule has 2 N–H and O–H groups in total. The number of hydrogen-bond donors (Lipinski definition) is 1. The highest BCUT2D eigenvalue weighted by atomic mass is 32.2. The van der Waals surface area contributed by atoms with Crippen LogP contribution in [-0.2, 0) is 14.3 Å². The van der Waals surface area contributed by atoms with Crippen molar-refractivity contribution in [3.8, 4) is 6.07 Å². The molecule has 6 nitrogen and oxygen atoms in total.